The van der Waals surface area contributed by atoms with Gasteiger partial charge >= 0.3 is 0 Å². The van der Waals surface area contributed by atoms with Crippen LogP contribution in [0.4, 0.5) is 0 Å². The molecule has 1 aliphatic heterocycles. The third-order valence-corrected chi connectivity index (χ3v) is 4.68. The molecule has 0 radical (unpaired) electrons. The van der Waals surface area contributed by atoms with Crippen LogP contribution >= 0.6 is 22.9 Å². The maximum Gasteiger partial charge on any atom is 0.196 e. The first-order valence-corrected chi connectivity index (χ1v) is 7.73. The molecule has 0 aliphatic carbocycles. The van der Waals surface area contributed by atoms with Crippen LogP contribution in [0.5, 0.6) is 0 Å². The molecule has 1 aliphatic rings. The van der Waals surface area contributed by atoms with Crippen LogP contribution in [0.25, 0.3) is 15.8 Å². The first-order chi connectivity index (χ1) is 10.3. The summed E-state index contributed by atoms with van der Waals surface area (Å²) in [5, 5.41) is 4.74. The second-order valence-corrected chi connectivity index (χ2v) is 6.18. The second-order valence-electron chi connectivity index (χ2n) is 4.73. The normalized spacial score (nSPS) is 18.2. The Morgan fingerprint density at radius 2 is 2.10 bits per heavy atom. The highest BCUT2D eigenvalue weighted by Gasteiger charge is 2.19. The van der Waals surface area contributed by atoms with Crippen LogP contribution in [-0.2, 0) is 0 Å². The molecular formula is C16H11ClN2OS. The molecule has 104 valence electrons. The first kappa shape index (κ1) is 12.7. The third-order valence-electron chi connectivity index (χ3n) is 3.34. The molecule has 3 nitrogen and oxygen atoms in total. The van der Waals surface area contributed by atoms with E-state index in [2.05, 4.69) is 28.5 Å². The molecule has 3 aromatic rings. The summed E-state index contributed by atoms with van der Waals surface area (Å²) >= 11 is 7.86. The van der Waals surface area contributed by atoms with Gasteiger partial charge < -0.3 is 9.73 Å². The van der Waals surface area contributed by atoms with Crippen molar-refractivity contribution in [3.8, 4) is 0 Å². The lowest BCUT2D eigenvalue weighted by Gasteiger charge is -2.17. The van der Waals surface area contributed by atoms with Crippen molar-refractivity contribution in [2.75, 3.05) is 0 Å². The van der Waals surface area contributed by atoms with Crippen molar-refractivity contribution in [3.05, 3.63) is 65.4 Å². The van der Waals surface area contributed by atoms with Crippen molar-refractivity contribution in [2.45, 2.75) is 6.04 Å². The van der Waals surface area contributed by atoms with Crippen molar-refractivity contribution in [1.29, 1.82) is 0 Å². The minimum absolute atomic E-state index is 0.186. The van der Waals surface area contributed by atoms with Crippen LogP contribution < -0.4 is 5.32 Å². The van der Waals surface area contributed by atoms with E-state index in [0.717, 1.165) is 16.3 Å². The smallest absolute Gasteiger partial charge is 0.196 e. The topological polar surface area (TPSA) is 37.5 Å². The minimum Gasteiger partial charge on any atom is -0.467 e. The number of hydrogen-bond donors (Lipinski definition) is 1. The van der Waals surface area contributed by atoms with E-state index >= 15 is 0 Å². The van der Waals surface area contributed by atoms with Gasteiger partial charge in [-0.1, -0.05) is 18.2 Å². The average Bonchev–Trinajstić information content (AvgIpc) is 3.16. The molecule has 0 amide bonds. The number of nitrogens with one attached hydrogen (secondary N) is 1. The van der Waals surface area contributed by atoms with E-state index in [4.69, 9.17) is 16.0 Å². The van der Waals surface area contributed by atoms with E-state index < -0.39 is 0 Å². The molecule has 1 N–H and O–H groups in total. The number of aliphatic imine (C=N–C) groups is 1. The zero-order chi connectivity index (χ0) is 14.2. The number of nitrogens with zero attached hydrogens (tertiary/aromatic N) is 1. The maximum absolute atomic E-state index is 6.13. The number of furan rings is 1. The van der Waals surface area contributed by atoms with Gasteiger partial charge in [-0.3, -0.25) is 0 Å². The fourth-order valence-electron chi connectivity index (χ4n) is 2.37. The molecule has 0 spiro atoms. The highest BCUT2D eigenvalue weighted by atomic mass is 35.5. The van der Waals surface area contributed by atoms with Gasteiger partial charge in [0.1, 0.15) is 11.8 Å². The molecule has 2 aromatic heterocycles. The van der Waals surface area contributed by atoms with E-state index in [-0.39, 0.29) is 6.04 Å². The number of thiophene rings is 1. The predicted molar refractivity (Wildman–Crippen MR) is 87.7 cm³/mol. The van der Waals surface area contributed by atoms with Crippen LogP contribution in [0, 0.1) is 0 Å². The highest BCUT2D eigenvalue weighted by Crippen LogP contribution is 2.33. The third kappa shape index (κ3) is 2.37. The lowest BCUT2D eigenvalue weighted by Crippen LogP contribution is -2.21. The number of halogens is 1. The van der Waals surface area contributed by atoms with Crippen LogP contribution in [0.2, 0.25) is 0 Å². The summed E-state index contributed by atoms with van der Waals surface area (Å²) in [6, 6.07) is 14.1. The van der Waals surface area contributed by atoms with E-state index in [0.29, 0.717) is 5.29 Å². The predicted octanol–water partition coefficient (Wildman–Crippen LogP) is 4.77. The number of amidine groups is 1. The van der Waals surface area contributed by atoms with Gasteiger partial charge in [-0.25, -0.2) is 4.99 Å². The van der Waals surface area contributed by atoms with Gasteiger partial charge in [-0.2, -0.15) is 0 Å². The van der Waals surface area contributed by atoms with Gasteiger partial charge in [0.25, 0.3) is 0 Å². The largest absolute Gasteiger partial charge is 0.467 e. The van der Waals surface area contributed by atoms with E-state index in [1.165, 1.54) is 10.1 Å². The van der Waals surface area contributed by atoms with Gasteiger partial charge in [-0.05, 0) is 47.3 Å². The molecule has 0 saturated carbocycles. The SMILES string of the molecule is ClC1=NC(c2ccco2)C=C(c2cc3ccccc3s2)N1. The summed E-state index contributed by atoms with van der Waals surface area (Å²) in [5.74, 6) is 0.785. The second kappa shape index (κ2) is 5.06. The first-order valence-electron chi connectivity index (χ1n) is 6.54. The van der Waals surface area contributed by atoms with Gasteiger partial charge in [0, 0.05) is 4.70 Å². The van der Waals surface area contributed by atoms with E-state index in [9.17, 15) is 0 Å². The van der Waals surface area contributed by atoms with Gasteiger partial charge in [0.15, 0.2) is 5.29 Å². The number of fused-ring (bicyclic) bond motifs is 1. The molecule has 1 unspecified atom stereocenters. The minimum atomic E-state index is -0.186. The zero-order valence-electron chi connectivity index (χ0n) is 10.9. The van der Waals surface area contributed by atoms with Crippen molar-refractivity contribution in [2.24, 2.45) is 4.99 Å². The van der Waals surface area contributed by atoms with Crippen molar-refractivity contribution in [1.82, 2.24) is 5.32 Å². The van der Waals surface area contributed by atoms with Crippen molar-refractivity contribution in [3.63, 3.8) is 0 Å². The molecule has 0 saturated heterocycles. The van der Waals surface area contributed by atoms with Crippen LogP contribution in [0.3, 0.4) is 0 Å². The van der Waals surface area contributed by atoms with E-state index in [1.807, 2.05) is 30.3 Å². The maximum atomic E-state index is 6.13. The molecular weight excluding hydrogens is 304 g/mol. The quantitative estimate of drug-likeness (QED) is 0.691. The molecule has 5 heteroatoms. The van der Waals surface area contributed by atoms with Crippen LogP contribution in [-0.4, -0.2) is 5.29 Å². The summed E-state index contributed by atoms with van der Waals surface area (Å²) in [6.07, 6.45) is 3.68. The fourth-order valence-corrected chi connectivity index (χ4v) is 3.62. The molecule has 1 aromatic carbocycles. The van der Waals surface area contributed by atoms with Crippen LogP contribution in [0.1, 0.15) is 16.7 Å². The summed E-state index contributed by atoms with van der Waals surface area (Å²) in [5.41, 5.74) is 0.970. The Kier molecular flexibility index (Phi) is 3.05. The molecule has 1 atom stereocenters. The van der Waals surface area contributed by atoms with Crippen molar-refractivity contribution < 1.29 is 4.42 Å². The Balaban J connectivity index is 1.76. The molecule has 4 rings (SSSR count). The standard InChI is InChI=1S/C16H11ClN2OS/c17-16-18-11(13-5-3-7-20-13)9-12(19-16)15-8-10-4-1-2-6-14(10)21-15/h1-9,11H,(H,18,19). The Hall–Kier alpha value is -2.04. The molecule has 0 bridgehead atoms. The van der Waals surface area contributed by atoms with Gasteiger partial charge in [-0.15, -0.1) is 11.3 Å². The Morgan fingerprint density at radius 1 is 1.19 bits per heavy atom. The van der Waals surface area contributed by atoms with Crippen molar-refractivity contribution >= 4 is 44.0 Å². The molecule has 3 heterocycles. The number of benzene rings is 1. The lowest BCUT2D eigenvalue weighted by molar-refractivity contribution is 0.494. The number of rotatable bonds is 2. The summed E-state index contributed by atoms with van der Waals surface area (Å²) < 4.78 is 6.68. The monoisotopic (exact) mass is 314 g/mol. The van der Waals surface area contributed by atoms with Gasteiger partial charge in [0.2, 0.25) is 0 Å². The highest BCUT2D eigenvalue weighted by molar-refractivity contribution is 7.20. The fraction of sp³-hybridized carbons (Fsp3) is 0.0625. The Morgan fingerprint density at radius 3 is 2.90 bits per heavy atom. The zero-order valence-corrected chi connectivity index (χ0v) is 12.5. The molecule has 0 fully saturated rings. The lowest BCUT2D eigenvalue weighted by atomic mass is 10.1. The summed E-state index contributed by atoms with van der Waals surface area (Å²) in [4.78, 5) is 5.50. The molecule has 21 heavy (non-hydrogen) atoms. The Bertz CT molecular complexity index is 815. The Labute approximate surface area is 130 Å². The van der Waals surface area contributed by atoms with Gasteiger partial charge in [0.05, 0.1) is 16.8 Å². The average molecular weight is 315 g/mol. The summed E-state index contributed by atoms with van der Waals surface area (Å²) in [6.45, 7) is 0. The summed E-state index contributed by atoms with van der Waals surface area (Å²) in [7, 11) is 0. The van der Waals surface area contributed by atoms with E-state index in [1.54, 1.807) is 17.6 Å². The number of hydrogen-bond acceptors (Lipinski definition) is 4. The van der Waals surface area contributed by atoms with Crippen LogP contribution in [0.15, 0.2) is 64.2 Å².